The average Bonchev–Trinajstić information content (AvgIpc) is 3.35. The van der Waals surface area contributed by atoms with E-state index in [0.29, 0.717) is 38.9 Å². The number of amidine groups is 2. The Hall–Kier alpha value is -4.08. The first-order valence-corrected chi connectivity index (χ1v) is 13.3. The first-order chi connectivity index (χ1) is 18.8. The van der Waals surface area contributed by atoms with Crippen molar-refractivity contribution < 1.29 is 19.0 Å². The molecule has 8 nitrogen and oxygen atoms in total. The maximum atomic E-state index is 12.9. The number of hydrazone groups is 1. The Balaban J connectivity index is 1.31. The predicted octanol–water partition coefficient (Wildman–Crippen LogP) is 6.09. The summed E-state index contributed by atoms with van der Waals surface area (Å²) in [6.07, 6.45) is 1.55. The van der Waals surface area contributed by atoms with Gasteiger partial charge in [-0.05, 0) is 61.5 Å². The number of nitrogens with one attached hydrogen (secondary N) is 1. The summed E-state index contributed by atoms with van der Waals surface area (Å²) in [5, 5.41) is 15.9. The molecule has 0 aliphatic carbocycles. The molecule has 0 spiro atoms. The Morgan fingerprint density at radius 3 is 2.36 bits per heavy atom. The van der Waals surface area contributed by atoms with Crippen molar-refractivity contribution in [3.63, 3.8) is 0 Å². The molecule has 0 bridgehead atoms. The van der Waals surface area contributed by atoms with Crippen molar-refractivity contribution in [2.45, 2.75) is 13.8 Å². The number of rotatable bonds is 8. The summed E-state index contributed by atoms with van der Waals surface area (Å²) in [4.78, 5) is 17.0. The molecule has 0 atom stereocenters. The highest BCUT2D eigenvalue weighted by Gasteiger charge is 2.36. The first kappa shape index (κ1) is 26.5. The second kappa shape index (κ2) is 11.3. The molecular formula is C29H25ClN4O4S. The average molecular weight is 561 g/mol. The minimum atomic E-state index is -0.525. The number of hydrogen-bond acceptors (Lipinski definition) is 7. The van der Waals surface area contributed by atoms with Crippen LogP contribution in [-0.4, -0.2) is 47.3 Å². The number of nitrogens with zero attached hydrogens (tertiary/aromatic N) is 3. The van der Waals surface area contributed by atoms with Gasteiger partial charge in [-0.2, -0.15) is 15.1 Å². The SMILES string of the molecule is COc1cc(/C=C2\C(=N)N3N=C(c4ccc(C)cc4)SC3=NC2=O)cc(Cl)c1OCCOc1ccc(C)cc1. The zero-order chi connectivity index (χ0) is 27.5. The first-order valence-electron chi connectivity index (χ1n) is 12.1. The number of fused-ring (bicyclic) bond motifs is 1. The summed E-state index contributed by atoms with van der Waals surface area (Å²) >= 11 is 7.78. The van der Waals surface area contributed by atoms with Crippen LogP contribution in [0.15, 0.2) is 76.3 Å². The smallest absolute Gasteiger partial charge is 0.283 e. The van der Waals surface area contributed by atoms with Gasteiger partial charge in [0.1, 0.15) is 24.0 Å². The standard InChI is InChI=1S/C29H25ClN4O4S/c1-17-4-8-20(9-5-17)28-33-34-26(31)22(27(35)32-29(34)39-28)14-19-15-23(30)25(24(16-19)36-3)38-13-12-37-21-10-6-18(2)7-11-21/h4-11,14-16,31H,12-13H2,1-3H3/b22-14+,31-26?. The molecule has 0 fully saturated rings. The molecule has 0 radical (unpaired) electrons. The zero-order valence-electron chi connectivity index (χ0n) is 21.5. The van der Waals surface area contributed by atoms with E-state index >= 15 is 0 Å². The lowest BCUT2D eigenvalue weighted by Crippen LogP contribution is -2.35. The second-order valence-electron chi connectivity index (χ2n) is 8.84. The lowest BCUT2D eigenvalue weighted by Gasteiger charge is -2.20. The predicted molar refractivity (Wildman–Crippen MR) is 155 cm³/mol. The highest BCUT2D eigenvalue weighted by Crippen LogP contribution is 2.38. The normalized spacial score (nSPS) is 15.7. The number of benzene rings is 3. The van der Waals surface area contributed by atoms with Crippen LogP contribution < -0.4 is 14.2 Å². The summed E-state index contributed by atoms with van der Waals surface area (Å²) in [6, 6.07) is 19.0. The number of carbonyl (C=O) groups is 1. The van der Waals surface area contributed by atoms with Gasteiger partial charge in [0, 0.05) is 5.56 Å². The Kier molecular flexibility index (Phi) is 7.72. The fourth-order valence-electron chi connectivity index (χ4n) is 3.87. The molecule has 198 valence electrons. The van der Waals surface area contributed by atoms with Gasteiger partial charge in [-0.15, -0.1) is 0 Å². The van der Waals surface area contributed by atoms with Gasteiger partial charge in [0.05, 0.1) is 17.7 Å². The highest BCUT2D eigenvalue weighted by atomic mass is 35.5. The van der Waals surface area contributed by atoms with E-state index in [1.54, 1.807) is 18.2 Å². The number of carbonyl (C=O) groups excluding carboxylic acids is 1. The molecule has 0 aromatic heterocycles. The zero-order valence-corrected chi connectivity index (χ0v) is 23.1. The van der Waals surface area contributed by atoms with E-state index < -0.39 is 5.91 Å². The van der Waals surface area contributed by atoms with E-state index in [0.717, 1.165) is 22.4 Å². The number of methoxy groups -OCH3 is 1. The van der Waals surface area contributed by atoms with Crippen molar-refractivity contribution in [3.05, 3.63) is 93.5 Å². The van der Waals surface area contributed by atoms with Crippen molar-refractivity contribution in [2.24, 2.45) is 10.1 Å². The lowest BCUT2D eigenvalue weighted by molar-refractivity contribution is -0.114. The van der Waals surface area contributed by atoms with Gasteiger partial charge in [-0.1, -0.05) is 59.1 Å². The van der Waals surface area contributed by atoms with Gasteiger partial charge in [0.25, 0.3) is 5.91 Å². The van der Waals surface area contributed by atoms with E-state index in [2.05, 4.69) is 10.1 Å². The minimum Gasteiger partial charge on any atom is -0.493 e. The van der Waals surface area contributed by atoms with Crippen LogP contribution in [0.3, 0.4) is 0 Å². The molecule has 1 N–H and O–H groups in total. The van der Waals surface area contributed by atoms with Gasteiger partial charge in [-0.3, -0.25) is 10.2 Å². The van der Waals surface area contributed by atoms with E-state index in [1.165, 1.54) is 23.9 Å². The quantitative estimate of drug-likeness (QED) is 0.264. The molecule has 3 aromatic rings. The Morgan fingerprint density at radius 1 is 1.00 bits per heavy atom. The Labute approximate surface area is 235 Å². The number of halogens is 1. The Bertz CT molecular complexity index is 1530. The number of thioether (sulfide) groups is 1. The molecule has 3 aromatic carbocycles. The van der Waals surface area contributed by atoms with Gasteiger partial charge in [-0.25, -0.2) is 0 Å². The van der Waals surface area contributed by atoms with Gasteiger partial charge >= 0.3 is 0 Å². The van der Waals surface area contributed by atoms with Gasteiger partial charge in [0.15, 0.2) is 17.3 Å². The largest absolute Gasteiger partial charge is 0.493 e. The summed E-state index contributed by atoms with van der Waals surface area (Å²) < 4.78 is 17.1. The lowest BCUT2D eigenvalue weighted by atomic mass is 10.1. The third-order valence-electron chi connectivity index (χ3n) is 5.94. The number of amides is 1. The van der Waals surface area contributed by atoms with Crippen LogP contribution in [0.25, 0.3) is 6.08 Å². The maximum Gasteiger partial charge on any atom is 0.283 e. The summed E-state index contributed by atoms with van der Waals surface area (Å²) in [5.41, 5.74) is 3.83. The second-order valence-corrected chi connectivity index (χ2v) is 10.2. The fourth-order valence-corrected chi connectivity index (χ4v) is 5.04. The van der Waals surface area contributed by atoms with E-state index in [9.17, 15) is 4.79 Å². The molecule has 2 aliphatic rings. The van der Waals surface area contributed by atoms with Crippen LogP contribution in [0.4, 0.5) is 0 Å². The molecule has 0 unspecified atom stereocenters. The molecule has 10 heteroatoms. The molecule has 5 rings (SSSR count). The monoisotopic (exact) mass is 560 g/mol. The minimum absolute atomic E-state index is 0.0664. The van der Waals surface area contributed by atoms with Crippen molar-refractivity contribution in [3.8, 4) is 17.2 Å². The van der Waals surface area contributed by atoms with Crippen LogP contribution in [0.5, 0.6) is 17.2 Å². The summed E-state index contributed by atoms with van der Waals surface area (Å²) in [5.74, 6) is 0.912. The number of hydrogen-bond donors (Lipinski definition) is 1. The molecular weight excluding hydrogens is 536 g/mol. The molecule has 0 saturated heterocycles. The van der Waals surface area contributed by atoms with Crippen molar-refractivity contribution in [1.82, 2.24) is 5.01 Å². The van der Waals surface area contributed by atoms with Crippen LogP contribution in [-0.2, 0) is 4.79 Å². The molecule has 39 heavy (non-hydrogen) atoms. The third-order valence-corrected chi connectivity index (χ3v) is 7.17. The van der Waals surface area contributed by atoms with Crippen LogP contribution in [0.1, 0.15) is 22.3 Å². The van der Waals surface area contributed by atoms with E-state index in [-0.39, 0.29) is 18.0 Å². The highest BCUT2D eigenvalue weighted by molar-refractivity contribution is 8.27. The third kappa shape index (κ3) is 5.84. The maximum absolute atomic E-state index is 12.9. The van der Waals surface area contributed by atoms with Gasteiger partial charge in [0.2, 0.25) is 5.17 Å². The fraction of sp³-hybridized carbons (Fsp3) is 0.172. The van der Waals surface area contributed by atoms with E-state index in [1.807, 2.05) is 62.4 Å². The molecule has 2 heterocycles. The van der Waals surface area contributed by atoms with Crippen LogP contribution in [0.2, 0.25) is 5.02 Å². The van der Waals surface area contributed by atoms with Crippen molar-refractivity contribution in [1.29, 1.82) is 5.41 Å². The van der Waals surface area contributed by atoms with Crippen molar-refractivity contribution >= 4 is 51.4 Å². The Morgan fingerprint density at radius 2 is 1.67 bits per heavy atom. The van der Waals surface area contributed by atoms with E-state index in [4.69, 9.17) is 31.2 Å². The summed E-state index contributed by atoms with van der Waals surface area (Å²) in [6.45, 7) is 4.59. The van der Waals surface area contributed by atoms with Crippen LogP contribution in [0, 0.1) is 19.3 Å². The van der Waals surface area contributed by atoms with Gasteiger partial charge < -0.3 is 14.2 Å². The molecule has 1 amide bonds. The molecule has 2 aliphatic heterocycles. The van der Waals surface area contributed by atoms with Crippen LogP contribution >= 0.6 is 23.4 Å². The number of aryl methyl sites for hydroxylation is 2. The number of ether oxygens (including phenoxy) is 3. The number of aliphatic imine (C=N–C) groups is 1. The summed E-state index contributed by atoms with van der Waals surface area (Å²) in [7, 11) is 1.51. The topological polar surface area (TPSA) is 96.6 Å². The molecule has 0 saturated carbocycles. The van der Waals surface area contributed by atoms with Crippen molar-refractivity contribution in [2.75, 3.05) is 20.3 Å².